The van der Waals surface area contributed by atoms with Crippen molar-refractivity contribution < 1.29 is 17.9 Å². The minimum atomic E-state index is -4.75. The van der Waals surface area contributed by atoms with Crippen LogP contribution in [0.1, 0.15) is 22.7 Å². The predicted molar refractivity (Wildman–Crippen MR) is 78.0 cm³/mol. The van der Waals surface area contributed by atoms with Crippen molar-refractivity contribution in [3.63, 3.8) is 0 Å². The largest absolute Gasteiger partial charge is 0.573 e. The lowest BCUT2D eigenvalue weighted by Gasteiger charge is -2.18. The van der Waals surface area contributed by atoms with E-state index in [4.69, 9.17) is 5.73 Å². The number of halogens is 4. The summed E-state index contributed by atoms with van der Waals surface area (Å²) in [4.78, 5) is 0. The summed E-state index contributed by atoms with van der Waals surface area (Å²) >= 11 is 3.39. The Hall–Kier alpha value is -1.53. The van der Waals surface area contributed by atoms with Gasteiger partial charge in [0.1, 0.15) is 5.75 Å². The second kappa shape index (κ2) is 6.07. The molecule has 2 N–H and O–H groups in total. The normalized spacial score (nSPS) is 13.0. The Morgan fingerprint density at radius 1 is 1.14 bits per heavy atom. The maximum Gasteiger partial charge on any atom is 0.573 e. The van der Waals surface area contributed by atoms with Crippen molar-refractivity contribution in [2.75, 3.05) is 0 Å². The van der Waals surface area contributed by atoms with Crippen molar-refractivity contribution in [1.82, 2.24) is 0 Å². The maximum atomic E-state index is 12.4. The van der Waals surface area contributed by atoms with Crippen molar-refractivity contribution in [1.29, 1.82) is 0 Å². The van der Waals surface area contributed by atoms with Crippen LogP contribution in [-0.2, 0) is 0 Å². The average molecular weight is 360 g/mol. The van der Waals surface area contributed by atoms with Crippen LogP contribution in [0.2, 0.25) is 0 Å². The van der Waals surface area contributed by atoms with Crippen LogP contribution in [0.25, 0.3) is 0 Å². The van der Waals surface area contributed by atoms with Gasteiger partial charge in [0.2, 0.25) is 0 Å². The van der Waals surface area contributed by atoms with Gasteiger partial charge in [-0.2, -0.15) is 0 Å². The highest BCUT2D eigenvalue weighted by Crippen LogP contribution is 2.33. The maximum absolute atomic E-state index is 12.4. The van der Waals surface area contributed by atoms with Crippen LogP contribution in [0.3, 0.4) is 0 Å². The summed E-state index contributed by atoms with van der Waals surface area (Å²) in [5.74, 6) is -0.283. The van der Waals surface area contributed by atoms with Gasteiger partial charge in [-0.3, -0.25) is 0 Å². The Kier molecular flexibility index (Phi) is 4.58. The molecule has 2 rings (SSSR count). The Labute approximate surface area is 128 Å². The second-order valence-electron chi connectivity index (χ2n) is 4.57. The molecule has 2 nitrogen and oxygen atoms in total. The molecule has 2 aromatic rings. The zero-order chi connectivity index (χ0) is 15.6. The molecule has 0 spiro atoms. The molecular weight excluding hydrogens is 347 g/mol. The Morgan fingerprint density at radius 2 is 1.81 bits per heavy atom. The number of para-hydroxylation sites is 1. The van der Waals surface area contributed by atoms with E-state index in [1.807, 2.05) is 13.0 Å². The summed E-state index contributed by atoms with van der Waals surface area (Å²) in [5, 5.41) is 0. The Balaban J connectivity index is 2.38. The summed E-state index contributed by atoms with van der Waals surface area (Å²) in [6.07, 6.45) is -4.75. The number of hydrogen-bond acceptors (Lipinski definition) is 2. The van der Waals surface area contributed by atoms with E-state index in [1.54, 1.807) is 18.2 Å². The topological polar surface area (TPSA) is 35.2 Å². The van der Waals surface area contributed by atoms with Crippen molar-refractivity contribution >= 4 is 15.9 Å². The molecule has 0 saturated heterocycles. The molecule has 0 aliphatic carbocycles. The van der Waals surface area contributed by atoms with Crippen molar-refractivity contribution in [3.05, 3.63) is 63.6 Å². The first kappa shape index (κ1) is 15.9. The van der Waals surface area contributed by atoms with Gasteiger partial charge in [0.25, 0.3) is 0 Å². The molecule has 0 fully saturated rings. The van der Waals surface area contributed by atoms with Crippen molar-refractivity contribution in [2.45, 2.75) is 19.3 Å². The van der Waals surface area contributed by atoms with Crippen LogP contribution < -0.4 is 10.5 Å². The zero-order valence-electron chi connectivity index (χ0n) is 11.1. The first-order chi connectivity index (χ1) is 9.78. The number of benzene rings is 2. The van der Waals surface area contributed by atoms with Gasteiger partial charge in [-0.05, 0) is 30.2 Å². The van der Waals surface area contributed by atoms with Crippen LogP contribution in [0, 0.1) is 6.92 Å². The van der Waals surface area contributed by atoms with Gasteiger partial charge in [0.15, 0.2) is 0 Å². The van der Waals surface area contributed by atoms with E-state index >= 15 is 0 Å². The van der Waals surface area contributed by atoms with E-state index in [0.29, 0.717) is 5.56 Å². The van der Waals surface area contributed by atoms with Gasteiger partial charge in [0.05, 0.1) is 6.04 Å². The SMILES string of the molecule is Cc1ccc(C(N)c2ccccc2OC(F)(F)F)cc1Br. The number of rotatable bonds is 3. The number of alkyl halides is 3. The lowest BCUT2D eigenvalue weighted by molar-refractivity contribution is -0.274. The summed E-state index contributed by atoms with van der Waals surface area (Å²) < 4.78 is 42.2. The van der Waals surface area contributed by atoms with Crippen molar-refractivity contribution in [3.8, 4) is 5.75 Å². The van der Waals surface area contributed by atoms with E-state index in [2.05, 4.69) is 20.7 Å². The van der Waals surface area contributed by atoms with E-state index in [1.165, 1.54) is 18.2 Å². The molecule has 0 heterocycles. The highest BCUT2D eigenvalue weighted by atomic mass is 79.9. The summed E-state index contributed by atoms with van der Waals surface area (Å²) in [6.45, 7) is 1.92. The smallest absolute Gasteiger partial charge is 0.405 e. The van der Waals surface area contributed by atoms with E-state index in [0.717, 1.165) is 10.0 Å². The summed E-state index contributed by atoms with van der Waals surface area (Å²) in [5.41, 5.74) is 8.09. The van der Waals surface area contributed by atoms with Crippen LogP contribution in [0.15, 0.2) is 46.9 Å². The summed E-state index contributed by atoms with van der Waals surface area (Å²) in [7, 11) is 0. The fourth-order valence-corrected chi connectivity index (χ4v) is 2.33. The third-order valence-electron chi connectivity index (χ3n) is 3.03. The van der Waals surface area contributed by atoms with Gasteiger partial charge >= 0.3 is 6.36 Å². The molecule has 1 unspecified atom stereocenters. The first-order valence-electron chi connectivity index (χ1n) is 6.14. The minimum absolute atomic E-state index is 0.283. The molecule has 1 atom stereocenters. The average Bonchev–Trinajstić information content (AvgIpc) is 2.40. The van der Waals surface area contributed by atoms with Crippen molar-refractivity contribution in [2.24, 2.45) is 5.73 Å². The molecule has 2 aromatic carbocycles. The molecule has 0 radical (unpaired) electrons. The minimum Gasteiger partial charge on any atom is -0.405 e. The summed E-state index contributed by atoms with van der Waals surface area (Å²) in [6, 6.07) is 10.6. The van der Waals surface area contributed by atoms with E-state index < -0.39 is 12.4 Å². The van der Waals surface area contributed by atoms with Crippen LogP contribution in [-0.4, -0.2) is 6.36 Å². The predicted octanol–water partition coefficient (Wildman–Crippen LogP) is 4.70. The zero-order valence-corrected chi connectivity index (χ0v) is 12.7. The van der Waals surface area contributed by atoms with Gasteiger partial charge in [0, 0.05) is 10.0 Å². The molecule has 0 aliphatic heterocycles. The fourth-order valence-electron chi connectivity index (χ4n) is 1.94. The Morgan fingerprint density at radius 3 is 2.43 bits per heavy atom. The molecule has 0 aromatic heterocycles. The molecule has 0 bridgehead atoms. The number of hydrogen-bond donors (Lipinski definition) is 1. The molecule has 21 heavy (non-hydrogen) atoms. The van der Waals surface area contributed by atoms with E-state index in [9.17, 15) is 13.2 Å². The standard InChI is InChI=1S/C15H13BrF3NO/c1-9-6-7-10(8-12(9)16)14(20)11-4-2-3-5-13(11)21-15(17,18)19/h2-8,14H,20H2,1H3. The van der Waals surface area contributed by atoms with Crippen LogP contribution >= 0.6 is 15.9 Å². The third kappa shape index (κ3) is 3.98. The van der Waals surface area contributed by atoms with Gasteiger partial charge in [-0.25, -0.2) is 0 Å². The molecular formula is C15H13BrF3NO. The lowest BCUT2D eigenvalue weighted by Crippen LogP contribution is -2.20. The lowest BCUT2D eigenvalue weighted by atomic mass is 9.98. The third-order valence-corrected chi connectivity index (χ3v) is 3.89. The van der Waals surface area contributed by atoms with E-state index in [-0.39, 0.29) is 11.3 Å². The number of nitrogens with two attached hydrogens (primary N) is 1. The highest BCUT2D eigenvalue weighted by molar-refractivity contribution is 9.10. The Bertz CT molecular complexity index is 643. The molecule has 0 saturated carbocycles. The van der Waals surface area contributed by atoms with Gasteiger partial charge in [-0.15, -0.1) is 13.2 Å². The molecule has 0 aliphatic rings. The monoisotopic (exact) mass is 359 g/mol. The first-order valence-corrected chi connectivity index (χ1v) is 6.93. The fraction of sp³-hybridized carbons (Fsp3) is 0.200. The second-order valence-corrected chi connectivity index (χ2v) is 5.43. The molecule has 0 amide bonds. The quantitative estimate of drug-likeness (QED) is 0.861. The van der Waals surface area contributed by atoms with Gasteiger partial charge < -0.3 is 10.5 Å². The molecule has 112 valence electrons. The highest BCUT2D eigenvalue weighted by Gasteiger charge is 2.32. The number of aryl methyl sites for hydroxylation is 1. The van der Waals surface area contributed by atoms with Crippen LogP contribution in [0.4, 0.5) is 13.2 Å². The van der Waals surface area contributed by atoms with Crippen LogP contribution in [0.5, 0.6) is 5.75 Å². The van der Waals surface area contributed by atoms with Gasteiger partial charge in [-0.1, -0.05) is 46.3 Å². The molecule has 6 heteroatoms. The number of ether oxygens (including phenoxy) is 1.